The molecule has 1 fully saturated rings. The van der Waals surface area contributed by atoms with Gasteiger partial charge in [0.15, 0.2) is 11.6 Å². The number of phenolic OH excluding ortho intramolecular Hbond substituents is 1. The normalized spacial score (nSPS) is 18.8. The molecule has 2 aliphatic heterocycles. The third-order valence-corrected chi connectivity index (χ3v) is 5.82. The van der Waals surface area contributed by atoms with E-state index in [0.29, 0.717) is 31.7 Å². The minimum Gasteiger partial charge on any atom is -0.507 e. The average Bonchev–Trinajstić information content (AvgIpc) is 2.91. The van der Waals surface area contributed by atoms with E-state index in [0.717, 1.165) is 18.2 Å². The van der Waals surface area contributed by atoms with Crippen molar-refractivity contribution in [1.82, 2.24) is 9.80 Å². The molecule has 9 heteroatoms. The number of hydrogen-bond acceptors (Lipinski definition) is 4. The van der Waals surface area contributed by atoms with Crippen molar-refractivity contribution < 1.29 is 27.8 Å². The predicted molar refractivity (Wildman–Crippen MR) is 105 cm³/mol. The van der Waals surface area contributed by atoms with Crippen LogP contribution in [0.25, 0.3) is 11.1 Å². The van der Waals surface area contributed by atoms with Crippen molar-refractivity contribution in [3.05, 3.63) is 58.9 Å². The van der Waals surface area contributed by atoms with Gasteiger partial charge in [-0.15, -0.1) is 0 Å². The van der Waals surface area contributed by atoms with Crippen LogP contribution in [0.4, 0.5) is 13.2 Å². The summed E-state index contributed by atoms with van der Waals surface area (Å²) in [7, 11) is 0. The molecule has 30 heavy (non-hydrogen) atoms. The molecule has 0 aliphatic carbocycles. The van der Waals surface area contributed by atoms with E-state index in [1.807, 2.05) is 4.90 Å². The van der Waals surface area contributed by atoms with E-state index in [1.165, 1.54) is 6.08 Å². The molecule has 1 atom stereocenters. The molecule has 5 nitrogen and oxygen atoms in total. The molecule has 0 bridgehead atoms. The fraction of sp³-hybridized carbons (Fsp3) is 0.286. The van der Waals surface area contributed by atoms with Crippen LogP contribution >= 0.6 is 11.6 Å². The Bertz CT molecular complexity index is 1050. The number of amides is 1. The van der Waals surface area contributed by atoms with E-state index in [9.17, 15) is 23.1 Å². The van der Waals surface area contributed by atoms with Crippen LogP contribution < -0.4 is 4.74 Å². The van der Waals surface area contributed by atoms with Crippen LogP contribution in [0.3, 0.4) is 0 Å². The lowest BCUT2D eigenvalue weighted by atomic mass is 9.99. The Morgan fingerprint density at radius 2 is 2.00 bits per heavy atom. The van der Waals surface area contributed by atoms with E-state index in [1.54, 1.807) is 4.90 Å². The Kier molecular flexibility index (Phi) is 5.38. The van der Waals surface area contributed by atoms with Crippen LogP contribution in [0.1, 0.15) is 5.56 Å². The van der Waals surface area contributed by atoms with Crippen molar-refractivity contribution in [3.63, 3.8) is 0 Å². The van der Waals surface area contributed by atoms with Crippen molar-refractivity contribution in [2.24, 2.45) is 0 Å². The summed E-state index contributed by atoms with van der Waals surface area (Å²) in [6.07, 6.45) is 1.25. The lowest BCUT2D eigenvalue weighted by molar-refractivity contribution is -0.129. The molecule has 158 valence electrons. The topological polar surface area (TPSA) is 53.0 Å². The van der Waals surface area contributed by atoms with Gasteiger partial charge in [0.05, 0.1) is 16.6 Å². The summed E-state index contributed by atoms with van der Waals surface area (Å²) in [6.45, 7) is 5.42. The number of rotatable bonds is 2. The molecule has 2 aromatic carbocycles. The predicted octanol–water partition coefficient (Wildman–Crippen LogP) is 3.72. The first-order chi connectivity index (χ1) is 14.3. The van der Waals surface area contributed by atoms with E-state index >= 15 is 0 Å². The molecule has 0 saturated carbocycles. The molecule has 1 saturated heterocycles. The Morgan fingerprint density at radius 3 is 2.73 bits per heavy atom. The van der Waals surface area contributed by atoms with Crippen molar-refractivity contribution in [1.29, 1.82) is 0 Å². The molecule has 2 heterocycles. The number of nitrogens with zero attached hydrogens (tertiary/aromatic N) is 2. The van der Waals surface area contributed by atoms with Gasteiger partial charge >= 0.3 is 0 Å². The van der Waals surface area contributed by atoms with Gasteiger partial charge in [-0.1, -0.05) is 18.2 Å². The molecule has 1 amide bonds. The first-order valence-electron chi connectivity index (χ1n) is 9.28. The van der Waals surface area contributed by atoms with Gasteiger partial charge in [0.25, 0.3) is 0 Å². The summed E-state index contributed by atoms with van der Waals surface area (Å²) in [5, 5.41) is 9.78. The summed E-state index contributed by atoms with van der Waals surface area (Å²) < 4.78 is 48.9. The number of carbonyl (C=O) groups is 1. The number of carbonyl (C=O) groups excluding carboxylic acids is 1. The third kappa shape index (κ3) is 3.40. The van der Waals surface area contributed by atoms with Crippen molar-refractivity contribution in [2.75, 3.05) is 26.2 Å². The molecule has 2 aliphatic rings. The maximum Gasteiger partial charge on any atom is 0.246 e. The number of ether oxygens (including phenoxy) is 1. The molecule has 1 N–H and O–H groups in total. The lowest BCUT2D eigenvalue weighted by Gasteiger charge is -2.39. The van der Waals surface area contributed by atoms with Gasteiger partial charge in [-0.25, -0.2) is 13.2 Å². The van der Waals surface area contributed by atoms with E-state index in [4.69, 9.17) is 16.3 Å². The maximum atomic E-state index is 15.0. The minimum atomic E-state index is -1.40. The Hall–Kier alpha value is -2.71. The second-order valence-electron chi connectivity index (χ2n) is 7.21. The fourth-order valence-corrected chi connectivity index (χ4v) is 4.28. The highest BCUT2D eigenvalue weighted by Gasteiger charge is 2.34. The molecule has 2 aromatic rings. The van der Waals surface area contributed by atoms with E-state index < -0.39 is 34.3 Å². The van der Waals surface area contributed by atoms with E-state index in [-0.39, 0.29) is 29.3 Å². The number of phenols is 1. The highest BCUT2D eigenvalue weighted by atomic mass is 35.5. The number of aromatic hydroxyl groups is 1. The summed E-state index contributed by atoms with van der Waals surface area (Å²) in [5.74, 6) is -4.22. The van der Waals surface area contributed by atoms with Gasteiger partial charge < -0.3 is 14.7 Å². The molecule has 0 unspecified atom stereocenters. The summed E-state index contributed by atoms with van der Waals surface area (Å²) in [6, 6.07) is 2.68. The maximum absolute atomic E-state index is 15.0. The van der Waals surface area contributed by atoms with Crippen LogP contribution in [0.15, 0.2) is 30.9 Å². The van der Waals surface area contributed by atoms with Crippen LogP contribution in [0.5, 0.6) is 11.5 Å². The molecule has 0 radical (unpaired) electrons. The van der Waals surface area contributed by atoms with Crippen molar-refractivity contribution in [3.8, 4) is 22.6 Å². The van der Waals surface area contributed by atoms with Crippen LogP contribution in [-0.2, 0) is 11.3 Å². The molecule has 0 spiro atoms. The van der Waals surface area contributed by atoms with Crippen LogP contribution in [0.2, 0.25) is 5.02 Å². The molecule has 4 rings (SSSR count). The van der Waals surface area contributed by atoms with Crippen molar-refractivity contribution >= 4 is 17.5 Å². The van der Waals surface area contributed by atoms with E-state index in [2.05, 4.69) is 6.58 Å². The summed E-state index contributed by atoms with van der Waals surface area (Å²) >= 11 is 6.37. The second kappa shape index (κ2) is 7.85. The Labute approximate surface area is 175 Å². The summed E-state index contributed by atoms with van der Waals surface area (Å²) in [5.41, 5.74) is -0.676. The van der Waals surface area contributed by atoms with Crippen LogP contribution in [0, 0.1) is 17.5 Å². The van der Waals surface area contributed by atoms with Crippen LogP contribution in [-0.4, -0.2) is 53.1 Å². The van der Waals surface area contributed by atoms with Gasteiger partial charge in [0, 0.05) is 37.3 Å². The SMILES string of the molecule is C=CC(=O)N1CCN2Cc3cc(F)c(-c4c(O)ccc(F)c4F)c(Cl)c3OC[C@H]2C1. The van der Waals surface area contributed by atoms with Crippen molar-refractivity contribution in [2.45, 2.75) is 12.6 Å². The first-order valence-corrected chi connectivity index (χ1v) is 9.66. The van der Waals surface area contributed by atoms with Gasteiger partial charge in [0.1, 0.15) is 23.9 Å². The smallest absolute Gasteiger partial charge is 0.246 e. The average molecular weight is 439 g/mol. The molecule has 0 aromatic heterocycles. The zero-order valence-corrected chi connectivity index (χ0v) is 16.6. The monoisotopic (exact) mass is 438 g/mol. The largest absolute Gasteiger partial charge is 0.507 e. The highest BCUT2D eigenvalue weighted by molar-refractivity contribution is 6.35. The zero-order chi connectivity index (χ0) is 21.6. The molecular weight excluding hydrogens is 421 g/mol. The van der Waals surface area contributed by atoms with Gasteiger partial charge in [-0.3, -0.25) is 9.69 Å². The number of piperazine rings is 1. The third-order valence-electron chi connectivity index (χ3n) is 5.46. The standard InChI is InChI=1S/C21H18ClF3N2O3/c1-2-16(29)27-6-5-26-8-11-7-14(24)17(18-15(28)4-3-13(23)20(18)25)19(22)21(11)30-10-12(26)9-27/h2-4,7,12,28H,1,5-6,8-10H2/t12-/m1/s1. The highest BCUT2D eigenvalue weighted by Crippen LogP contribution is 2.45. The first kappa shape index (κ1) is 20.6. The van der Waals surface area contributed by atoms with Gasteiger partial charge in [-0.2, -0.15) is 0 Å². The lowest BCUT2D eigenvalue weighted by Crippen LogP contribution is -2.55. The van der Waals surface area contributed by atoms with Gasteiger partial charge in [0.2, 0.25) is 5.91 Å². The Balaban J connectivity index is 1.73. The van der Waals surface area contributed by atoms with Gasteiger partial charge in [-0.05, 0) is 24.3 Å². The second-order valence-corrected chi connectivity index (χ2v) is 7.59. The quantitative estimate of drug-likeness (QED) is 0.726. The fourth-order valence-electron chi connectivity index (χ4n) is 3.92. The number of benzene rings is 2. The number of fused-ring (bicyclic) bond motifs is 2. The molecular formula is C21H18ClF3N2O3. The zero-order valence-electron chi connectivity index (χ0n) is 15.8. The Morgan fingerprint density at radius 1 is 1.23 bits per heavy atom. The number of hydrogen-bond donors (Lipinski definition) is 1. The minimum absolute atomic E-state index is 0.145. The number of halogens is 4. The summed E-state index contributed by atoms with van der Waals surface area (Å²) in [4.78, 5) is 15.6.